The smallest absolute Gasteiger partial charge is 0.306 e. The van der Waals surface area contributed by atoms with Crippen molar-refractivity contribution in [1.29, 1.82) is 0 Å². The Kier molecular flexibility index (Phi) is 4.70. The number of hydrogen-bond acceptors (Lipinski definition) is 2. The average Bonchev–Trinajstić information content (AvgIpc) is 2.28. The zero-order valence-corrected chi connectivity index (χ0v) is 10.6. The zero-order chi connectivity index (χ0) is 13.0. The Morgan fingerprint density at radius 1 is 1.12 bits per heavy atom. The lowest BCUT2D eigenvalue weighted by Gasteiger charge is -2.14. The van der Waals surface area contributed by atoms with Gasteiger partial charge in [0.05, 0.1) is 12.0 Å². The van der Waals surface area contributed by atoms with Crippen molar-refractivity contribution < 1.29 is 15.0 Å². The highest BCUT2D eigenvalue weighted by Gasteiger charge is 2.17. The van der Waals surface area contributed by atoms with Gasteiger partial charge in [-0.05, 0) is 23.5 Å². The van der Waals surface area contributed by atoms with Crippen molar-refractivity contribution in [2.24, 2.45) is 5.92 Å². The van der Waals surface area contributed by atoms with Gasteiger partial charge in [-0.3, -0.25) is 4.79 Å². The van der Waals surface area contributed by atoms with Crippen LogP contribution in [0.25, 0.3) is 0 Å². The third-order valence-electron chi connectivity index (χ3n) is 2.99. The van der Waals surface area contributed by atoms with Crippen LogP contribution in [-0.4, -0.2) is 16.2 Å². The number of rotatable bonds is 5. The predicted octanol–water partition coefficient (Wildman–Crippen LogP) is 2.95. The van der Waals surface area contributed by atoms with E-state index in [0.29, 0.717) is 5.92 Å². The molecule has 0 aromatic heterocycles. The van der Waals surface area contributed by atoms with Gasteiger partial charge >= 0.3 is 5.97 Å². The van der Waals surface area contributed by atoms with Crippen molar-refractivity contribution in [3.63, 3.8) is 0 Å². The number of aliphatic hydroxyl groups is 1. The molecule has 3 nitrogen and oxygen atoms in total. The predicted molar refractivity (Wildman–Crippen MR) is 66.9 cm³/mol. The SMILES string of the molecule is CC(CC(O)c1ccc(C(C)C)cc1)C(=O)O. The summed E-state index contributed by atoms with van der Waals surface area (Å²) in [6.07, 6.45) is -0.460. The van der Waals surface area contributed by atoms with Gasteiger partial charge in [-0.2, -0.15) is 0 Å². The number of carboxylic acids is 1. The van der Waals surface area contributed by atoms with E-state index in [9.17, 15) is 9.90 Å². The van der Waals surface area contributed by atoms with Gasteiger partial charge in [-0.25, -0.2) is 0 Å². The molecule has 1 aromatic carbocycles. The van der Waals surface area contributed by atoms with Gasteiger partial charge in [0, 0.05) is 0 Å². The minimum Gasteiger partial charge on any atom is -0.481 e. The Balaban J connectivity index is 2.69. The van der Waals surface area contributed by atoms with Gasteiger partial charge in [0.1, 0.15) is 0 Å². The lowest BCUT2D eigenvalue weighted by molar-refractivity contribution is -0.142. The topological polar surface area (TPSA) is 57.5 Å². The van der Waals surface area contributed by atoms with E-state index >= 15 is 0 Å². The van der Waals surface area contributed by atoms with E-state index in [2.05, 4.69) is 13.8 Å². The fourth-order valence-electron chi connectivity index (χ4n) is 1.67. The third kappa shape index (κ3) is 3.86. The summed E-state index contributed by atoms with van der Waals surface area (Å²) in [4.78, 5) is 10.7. The summed E-state index contributed by atoms with van der Waals surface area (Å²) >= 11 is 0. The number of carboxylic acid groups (broad SMARTS) is 1. The highest BCUT2D eigenvalue weighted by Crippen LogP contribution is 2.23. The molecular formula is C14H20O3. The summed E-state index contributed by atoms with van der Waals surface area (Å²) in [6.45, 7) is 5.82. The Morgan fingerprint density at radius 2 is 1.59 bits per heavy atom. The molecule has 94 valence electrons. The van der Waals surface area contributed by atoms with Crippen LogP contribution in [0.4, 0.5) is 0 Å². The molecule has 0 saturated heterocycles. The van der Waals surface area contributed by atoms with Crippen molar-refractivity contribution in [2.75, 3.05) is 0 Å². The average molecular weight is 236 g/mol. The van der Waals surface area contributed by atoms with E-state index < -0.39 is 18.0 Å². The molecule has 0 aliphatic carbocycles. The molecule has 1 rings (SSSR count). The van der Waals surface area contributed by atoms with E-state index in [1.54, 1.807) is 6.92 Å². The Morgan fingerprint density at radius 3 is 2.00 bits per heavy atom. The second kappa shape index (κ2) is 5.82. The molecule has 2 N–H and O–H groups in total. The summed E-state index contributed by atoms with van der Waals surface area (Å²) in [7, 11) is 0. The molecule has 3 heteroatoms. The van der Waals surface area contributed by atoms with Gasteiger partial charge in [-0.1, -0.05) is 45.0 Å². The van der Waals surface area contributed by atoms with Gasteiger partial charge in [0.15, 0.2) is 0 Å². The molecule has 0 radical (unpaired) electrons. The maximum Gasteiger partial charge on any atom is 0.306 e. The van der Waals surface area contributed by atoms with Crippen molar-refractivity contribution >= 4 is 5.97 Å². The zero-order valence-electron chi connectivity index (χ0n) is 10.6. The summed E-state index contributed by atoms with van der Waals surface area (Å²) in [5.74, 6) is -0.947. The first-order valence-corrected chi connectivity index (χ1v) is 5.92. The lowest BCUT2D eigenvalue weighted by Crippen LogP contribution is -2.13. The molecule has 0 spiro atoms. The van der Waals surface area contributed by atoms with E-state index in [1.807, 2.05) is 24.3 Å². The molecule has 2 unspecified atom stereocenters. The van der Waals surface area contributed by atoms with Crippen molar-refractivity contribution in [1.82, 2.24) is 0 Å². The molecule has 0 aliphatic heterocycles. The molecular weight excluding hydrogens is 216 g/mol. The second-order valence-electron chi connectivity index (χ2n) is 4.81. The van der Waals surface area contributed by atoms with Crippen LogP contribution >= 0.6 is 0 Å². The summed E-state index contributed by atoms with van der Waals surface area (Å²) in [5, 5.41) is 18.7. The third-order valence-corrected chi connectivity index (χ3v) is 2.99. The van der Waals surface area contributed by atoms with Crippen LogP contribution in [0.5, 0.6) is 0 Å². The molecule has 0 amide bonds. The Hall–Kier alpha value is -1.35. The highest BCUT2D eigenvalue weighted by atomic mass is 16.4. The Labute approximate surface area is 102 Å². The fourth-order valence-corrected chi connectivity index (χ4v) is 1.67. The first kappa shape index (κ1) is 13.7. The minimum absolute atomic E-state index is 0.246. The monoisotopic (exact) mass is 236 g/mol. The standard InChI is InChI=1S/C14H20O3/c1-9(2)11-4-6-12(7-5-11)13(15)8-10(3)14(16)17/h4-7,9-10,13,15H,8H2,1-3H3,(H,16,17). The lowest BCUT2D eigenvalue weighted by atomic mass is 9.95. The Bertz CT molecular complexity index is 368. The molecule has 2 atom stereocenters. The van der Waals surface area contributed by atoms with E-state index in [-0.39, 0.29) is 6.42 Å². The largest absolute Gasteiger partial charge is 0.481 e. The van der Waals surface area contributed by atoms with Crippen molar-refractivity contribution in [3.8, 4) is 0 Å². The maximum absolute atomic E-state index is 10.7. The molecule has 0 heterocycles. The van der Waals surface area contributed by atoms with Gasteiger partial charge in [0.25, 0.3) is 0 Å². The number of aliphatic hydroxyl groups excluding tert-OH is 1. The first-order valence-electron chi connectivity index (χ1n) is 5.92. The van der Waals surface area contributed by atoms with Gasteiger partial charge < -0.3 is 10.2 Å². The van der Waals surface area contributed by atoms with Gasteiger partial charge in [0.2, 0.25) is 0 Å². The highest BCUT2D eigenvalue weighted by molar-refractivity contribution is 5.69. The molecule has 0 saturated carbocycles. The summed E-state index contributed by atoms with van der Waals surface area (Å²) in [6, 6.07) is 7.70. The minimum atomic E-state index is -0.872. The normalized spacial score (nSPS) is 14.6. The van der Waals surface area contributed by atoms with Gasteiger partial charge in [-0.15, -0.1) is 0 Å². The quantitative estimate of drug-likeness (QED) is 0.826. The van der Waals surface area contributed by atoms with Crippen LogP contribution in [0.15, 0.2) is 24.3 Å². The summed E-state index contributed by atoms with van der Waals surface area (Å²) in [5.41, 5.74) is 2.00. The number of aliphatic carboxylic acids is 1. The van der Waals surface area contributed by atoms with Crippen LogP contribution in [0, 0.1) is 5.92 Å². The van der Waals surface area contributed by atoms with Crippen LogP contribution in [-0.2, 0) is 4.79 Å². The first-order chi connectivity index (χ1) is 7.91. The molecule has 1 aromatic rings. The number of benzene rings is 1. The van der Waals surface area contributed by atoms with Crippen LogP contribution in [0.1, 0.15) is 50.3 Å². The van der Waals surface area contributed by atoms with E-state index in [1.165, 1.54) is 5.56 Å². The maximum atomic E-state index is 10.7. The van der Waals surface area contributed by atoms with Crippen molar-refractivity contribution in [2.45, 2.75) is 39.2 Å². The molecule has 17 heavy (non-hydrogen) atoms. The van der Waals surface area contributed by atoms with E-state index in [0.717, 1.165) is 5.56 Å². The molecule has 0 bridgehead atoms. The van der Waals surface area contributed by atoms with Crippen LogP contribution in [0.2, 0.25) is 0 Å². The number of carbonyl (C=O) groups is 1. The van der Waals surface area contributed by atoms with Crippen LogP contribution in [0.3, 0.4) is 0 Å². The second-order valence-corrected chi connectivity index (χ2v) is 4.81. The fraction of sp³-hybridized carbons (Fsp3) is 0.500. The van der Waals surface area contributed by atoms with E-state index in [4.69, 9.17) is 5.11 Å². The van der Waals surface area contributed by atoms with Crippen LogP contribution < -0.4 is 0 Å². The molecule has 0 fully saturated rings. The van der Waals surface area contributed by atoms with Crippen molar-refractivity contribution in [3.05, 3.63) is 35.4 Å². The summed E-state index contributed by atoms with van der Waals surface area (Å²) < 4.78 is 0. The molecule has 0 aliphatic rings. The number of hydrogen-bond donors (Lipinski definition) is 2.